The van der Waals surface area contributed by atoms with E-state index in [1.165, 1.54) is 0 Å². The topological polar surface area (TPSA) is 76.7 Å². The lowest BCUT2D eigenvalue weighted by atomic mass is 10.2. The molecule has 0 aliphatic heterocycles. The molecule has 0 heterocycles. The van der Waals surface area contributed by atoms with Crippen molar-refractivity contribution in [3.8, 4) is 5.75 Å². The van der Waals surface area contributed by atoms with Crippen molar-refractivity contribution in [1.82, 2.24) is 10.6 Å². The highest BCUT2D eigenvalue weighted by Crippen LogP contribution is 2.13. The van der Waals surface area contributed by atoms with Crippen LogP contribution in [0.15, 0.2) is 24.3 Å². The Labute approximate surface area is 150 Å². The van der Waals surface area contributed by atoms with E-state index in [1.807, 2.05) is 58.9 Å². The summed E-state index contributed by atoms with van der Waals surface area (Å²) < 4.78 is 10.7. The molecule has 0 saturated carbocycles. The second kappa shape index (κ2) is 9.91. The second-order valence-electron chi connectivity index (χ2n) is 7.12. The minimum atomic E-state index is -0.517. The normalized spacial score (nSPS) is 11.1. The van der Waals surface area contributed by atoms with E-state index in [9.17, 15) is 9.59 Å². The zero-order valence-electron chi connectivity index (χ0n) is 15.8. The molecule has 0 aliphatic carbocycles. The largest absolute Gasteiger partial charge is 0.491 e. The first-order chi connectivity index (χ1) is 11.7. The van der Waals surface area contributed by atoms with E-state index in [0.29, 0.717) is 25.9 Å². The highest BCUT2D eigenvalue weighted by atomic mass is 16.6. The minimum Gasteiger partial charge on any atom is -0.491 e. The van der Waals surface area contributed by atoms with Gasteiger partial charge < -0.3 is 20.1 Å². The molecule has 140 valence electrons. The Morgan fingerprint density at radius 1 is 1.08 bits per heavy atom. The SMILES string of the molecule is CC(C)Oc1ccc(CNC(=O)CCCNC(=O)OC(C)(C)C)cc1. The Morgan fingerprint density at radius 3 is 2.28 bits per heavy atom. The first-order valence-corrected chi connectivity index (χ1v) is 8.65. The Hall–Kier alpha value is -2.24. The molecule has 2 amide bonds. The molecule has 0 atom stereocenters. The van der Waals surface area contributed by atoms with E-state index in [0.717, 1.165) is 11.3 Å². The third kappa shape index (κ3) is 10.3. The van der Waals surface area contributed by atoms with Crippen molar-refractivity contribution in [3.63, 3.8) is 0 Å². The molecular weight excluding hydrogens is 320 g/mol. The van der Waals surface area contributed by atoms with Crippen LogP contribution >= 0.6 is 0 Å². The lowest BCUT2D eigenvalue weighted by Gasteiger charge is -2.19. The standard InChI is InChI=1S/C19H30N2O4/c1-14(2)24-16-10-8-15(9-11-16)13-21-17(22)7-6-12-20-18(23)25-19(3,4)5/h8-11,14H,6-7,12-13H2,1-5H3,(H,20,23)(H,21,22). The van der Waals surface area contributed by atoms with Gasteiger partial charge in [0.2, 0.25) is 5.91 Å². The molecular formula is C19H30N2O4. The summed E-state index contributed by atoms with van der Waals surface area (Å²) in [6, 6.07) is 7.66. The fourth-order valence-corrected chi connectivity index (χ4v) is 2.00. The molecule has 0 spiro atoms. The van der Waals surface area contributed by atoms with Gasteiger partial charge in [0.05, 0.1) is 6.10 Å². The number of carbonyl (C=O) groups is 2. The van der Waals surface area contributed by atoms with Gasteiger partial charge in [-0.15, -0.1) is 0 Å². The number of hydrogen-bond acceptors (Lipinski definition) is 4. The Balaban J connectivity index is 2.19. The monoisotopic (exact) mass is 350 g/mol. The van der Waals surface area contributed by atoms with Gasteiger partial charge in [0.15, 0.2) is 0 Å². The van der Waals surface area contributed by atoms with Crippen LogP contribution in [0.25, 0.3) is 0 Å². The van der Waals surface area contributed by atoms with Crippen molar-refractivity contribution in [2.24, 2.45) is 0 Å². The van der Waals surface area contributed by atoms with Gasteiger partial charge >= 0.3 is 6.09 Å². The maximum absolute atomic E-state index is 11.8. The summed E-state index contributed by atoms with van der Waals surface area (Å²) in [5.41, 5.74) is 0.494. The highest BCUT2D eigenvalue weighted by molar-refractivity contribution is 5.76. The summed E-state index contributed by atoms with van der Waals surface area (Å²) in [6.45, 7) is 10.3. The van der Waals surface area contributed by atoms with Crippen LogP contribution in [0.2, 0.25) is 0 Å². The molecule has 0 radical (unpaired) electrons. The molecule has 2 N–H and O–H groups in total. The van der Waals surface area contributed by atoms with Crippen LogP contribution in [0, 0.1) is 0 Å². The average Bonchev–Trinajstić information content (AvgIpc) is 2.48. The Morgan fingerprint density at radius 2 is 1.72 bits per heavy atom. The first-order valence-electron chi connectivity index (χ1n) is 8.65. The van der Waals surface area contributed by atoms with Crippen molar-refractivity contribution >= 4 is 12.0 Å². The van der Waals surface area contributed by atoms with Crippen molar-refractivity contribution in [2.75, 3.05) is 6.54 Å². The molecule has 0 saturated heterocycles. The summed E-state index contributed by atoms with van der Waals surface area (Å²) in [4.78, 5) is 23.3. The smallest absolute Gasteiger partial charge is 0.407 e. The summed E-state index contributed by atoms with van der Waals surface area (Å²) in [7, 11) is 0. The molecule has 0 bridgehead atoms. The van der Waals surface area contributed by atoms with E-state index in [-0.39, 0.29) is 12.0 Å². The van der Waals surface area contributed by atoms with Gasteiger partial charge in [0.1, 0.15) is 11.4 Å². The third-order valence-corrected chi connectivity index (χ3v) is 3.03. The number of carbonyl (C=O) groups excluding carboxylic acids is 2. The zero-order valence-corrected chi connectivity index (χ0v) is 15.8. The van der Waals surface area contributed by atoms with Gasteiger partial charge in [-0.25, -0.2) is 4.79 Å². The number of alkyl carbamates (subject to hydrolysis) is 1. The van der Waals surface area contributed by atoms with Crippen LogP contribution < -0.4 is 15.4 Å². The molecule has 6 heteroatoms. The maximum atomic E-state index is 11.8. The van der Waals surface area contributed by atoms with Crippen LogP contribution in [0.5, 0.6) is 5.75 Å². The third-order valence-electron chi connectivity index (χ3n) is 3.03. The van der Waals surface area contributed by atoms with Crippen LogP contribution in [-0.2, 0) is 16.1 Å². The lowest BCUT2D eigenvalue weighted by Crippen LogP contribution is -2.33. The fourth-order valence-electron chi connectivity index (χ4n) is 2.00. The summed E-state index contributed by atoms with van der Waals surface area (Å²) in [5.74, 6) is 0.770. The first kappa shape index (κ1) is 20.8. The van der Waals surface area contributed by atoms with Gasteiger partial charge in [-0.1, -0.05) is 12.1 Å². The summed E-state index contributed by atoms with van der Waals surface area (Å²) in [5, 5.41) is 5.50. The lowest BCUT2D eigenvalue weighted by molar-refractivity contribution is -0.121. The second-order valence-corrected chi connectivity index (χ2v) is 7.12. The van der Waals surface area contributed by atoms with Crippen molar-refractivity contribution in [3.05, 3.63) is 29.8 Å². The van der Waals surface area contributed by atoms with Crippen molar-refractivity contribution < 1.29 is 19.1 Å². The highest BCUT2D eigenvalue weighted by Gasteiger charge is 2.15. The molecule has 0 aliphatic rings. The van der Waals surface area contributed by atoms with Gasteiger partial charge in [-0.05, 0) is 58.7 Å². The van der Waals surface area contributed by atoms with Crippen molar-refractivity contribution in [2.45, 2.75) is 65.7 Å². The van der Waals surface area contributed by atoms with Crippen LogP contribution in [0.1, 0.15) is 53.0 Å². The molecule has 0 fully saturated rings. The Bertz CT molecular complexity index is 548. The molecule has 6 nitrogen and oxygen atoms in total. The number of nitrogens with one attached hydrogen (secondary N) is 2. The maximum Gasteiger partial charge on any atom is 0.407 e. The van der Waals surface area contributed by atoms with E-state index in [1.54, 1.807) is 0 Å². The Kier molecular flexibility index (Phi) is 8.25. The van der Waals surface area contributed by atoms with Gasteiger partial charge in [0, 0.05) is 19.5 Å². The number of ether oxygens (including phenoxy) is 2. The number of rotatable bonds is 8. The van der Waals surface area contributed by atoms with E-state index in [2.05, 4.69) is 10.6 Å². The van der Waals surface area contributed by atoms with Crippen LogP contribution in [0.4, 0.5) is 4.79 Å². The van der Waals surface area contributed by atoms with Gasteiger partial charge in [-0.3, -0.25) is 4.79 Å². The summed E-state index contributed by atoms with van der Waals surface area (Å²) >= 11 is 0. The van der Waals surface area contributed by atoms with E-state index < -0.39 is 11.7 Å². The van der Waals surface area contributed by atoms with E-state index in [4.69, 9.17) is 9.47 Å². The zero-order chi connectivity index (χ0) is 18.9. The van der Waals surface area contributed by atoms with Crippen molar-refractivity contribution in [1.29, 1.82) is 0 Å². The molecule has 1 aromatic rings. The average molecular weight is 350 g/mol. The predicted octanol–water partition coefficient (Wildman–Crippen LogP) is 3.39. The molecule has 0 unspecified atom stereocenters. The quantitative estimate of drug-likeness (QED) is 0.705. The molecule has 1 aromatic carbocycles. The van der Waals surface area contributed by atoms with Gasteiger partial charge in [-0.2, -0.15) is 0 Å². The van der Waals surface area contributed by atoms with E-state index >= 15 is 0 Å². The predicted molar refractivity (Wildman–Crippen MR) is 97.5 cm³/mol. The fraction of sp³-hybridized carbons (Fsp3) is 0.579. The summed E-state index contributed by atoms with van der Waals surface area (Å²) in [6.07, 6.45) is 0.591. The van der Waals surface area contributed by atoms with Crippen LogP contribution in [-0.4, -0.2) is 30.3 Å². The minimum absolute atomic E-state index is 0.0477. The molecule has 1 rings (SSSR count). The number of hydrogen-bond donors (Lipinski definition) is 2. The van der Waals surface area contributed by atoms with Crippen LogP contribution in [0.3, 0.4) is 0 Å². The van der Waals surface area contributed by atoms with Gasteiger partial charge in [0.25, 0.3) is 0 Å². The number of amides is 2. The molecule has 25 heavy (non-hydrogen) atoms. The number of benzene rings is 1. The molecule has 0 aromatic heterocycles.